The van der Waals surface area contributed by atoms with E-state index < -0.39 is 7.80 Å². The second-order valence-electron chi connectivity index (χ2n) is 6.95. The quantitative estimate of drug-likeness (QED) is 0.362. The monoisotopic (exact) mass is 433 g/mol. The third-order valence-corrected chi connectivity index (χ3v) is 5.78. The van der Waals surface area contributed by atoms with Crippen LogP contribution >= 0.6 is 7.80 Å². The Morgan fingerprint density at radius 3 is 1.33 bits per heavy atom. The van der Waals surface area contributed by atoms with Crippen LogP contribution in [0.2, 0.25) is 0 Å². The maximum Gasteiger partial charge on any atom is 0.423 e. The molecule has 0 radical (unpaired) electrons. The van der Waals surface area contributed by atoms with Gasteiger partial charge in [-0.25, -0.2) is 0 Å². The Labute approximate surface area is 181 Å². The van der Waals surface area contributed by atoms with Gasteiger partial charge in [0.25, 0.3) is 0 Å². The van der Waals surface area contributed by atoms with E-state index in [1.165, 1.54) is 0 Å². The van der Waals surface area contributed by atoms with Crippen LogP contribution in [0.15, 0.2) is 36.4 Å². The van der Waals surface area contributed by atoms with Crippen LogP contribution in [0.5, 0.6) is 23.0 Å². The van der Waals surface area contributed by atoms with E-state index in [1.807, 2.05) is 50.2 Å². The highest BCUT2D eigenvalue weighted by molar-refractivity contribution is 7.62. The van der Waals surface area contributed by atoms with Crippen LogP contribution in [0.1, 0.15) is 53.4 Å². The van der Waals surface area contributed by atoms with E-state index in [-0.39, 0.29) is 0 Å². The lowest BCUT2D eigenvalue weighted by atomic mass is 10.3. The summed E-state index contributed by atoms with van der Waals surface area (Å²) < 4.78 is 36.9. The Hall–Kier alpha value is -2.26. The molecule has 30 heavy (non-hydrogen) atoms. The Balaban J connectivity index is 2.38. The second kappa shape index (κ2) is 13.1. The van der Waals surface area contributed by atoms with Crippen LogP contribution in [-0.4, -0.2) is 26.4 Å². The summed E-state index contributed by atoms with van der Waals surface area (Å²) in [4.78, 5) is 0. The minimum absolute atomic E-state index is 0.552. The van der Waals surface area contributed by atoms with Gasteiger partial charge in [-0.05, 0) is 49.9 Å². The standard InChI is InChI=1S/C24H34O5P/c1-5-13-26-19-9-11-23(21(17-19)28-15-7-3)30(25)24-12-10-20(27-14-6-2)18-22(24)29-16-8-4/h9-12,17-18H,5-8,13-16H2,1-4H3/q+1. The zero-order valence-electron chi connectivity index (χ0n) is 18.6. The Kier molecular flexibility index (Phi) is 10.5. The van der Waals surface area contributed by atoms with Gasteiger partial charge >= 0.3 is 7.80 Å². The maximum absolute atomic E-state index is 13.6. The Morgan fingerprint density at radius 1 is 0.600 bits per heavy atom. The summed E-state index contributed by atoms with van der Waals surface area (Å²) in [6.45, 7) is 10.6. The highest BCUT2D eigenvalue weighted by Gasteiger charge is 2.32. The third-order valence-electron chi connectivity index (χ3n) is 4.17. The molecule has 0 fully saturated rings. The van der Waals surface area contributed by atoms with Crippen molar-refractivity contribution in [2.45, 2.75) is 53.4 Å². The van der Waals surface area contributed by atoms with Crippen molar-refractivity contribution >= 4 is 18.4 Å². The Bertz CT molecular complexity index is 741. The van der Waals surface area contributed by atoms with Crippen LogP contribution < -0.4 is 29.6 Å². The van der Waals surface area contributed by atoms with Gasteiger partial charge in [0.15, 0.2) is 11.5 Å². The predicted molar refractivity (Wildman–Crippen MR) is 123 cm³/mol. The highest BCUT2D eigenvalue weighted by Crippen LogP contribution is 2.34. The molecule has 0 N–H and O–H groups in total. The van der Waals surface area contributed by atoms with E-state index in [1.54, 1.807) is 0 Å². The summed E-state index contributed by atoms with van der Waals surface area (Å²) in [5.41, 5.74) is 0. The SMILES string of the molecule is CCCOc1ccc([P+](=O)c2ccc(OCCC)cc2OCCC)c(OCCC)c1. The van der Waals surface area contributed by atoms with Crippen molar-refractivity contribution in [3.63, 3.8) is 0 Å². The van der Waals surface area contributed by atoms with Crippen LogP contribution in [0.3, 0.4) is 0 Å². The minimum atomic E-state index is -1.91. The molecule has 0 bridgehead atoms. The van der Waals surface area contributed by atoms with Gasteiger partial charge in [-0.3, -0.25) is 0 Å². The number of ether oxygens (including phenoxy) is 4. The van der Waals surface area contributed by atoms with Gasteiger partial charge in [0.1, 0.15) is 11.5 Å². The smallest absolute Gasteiger partial charge is 0.423 e. The lowest BCUT2D eigenvalue weighted by molar-refractivity contribution is 0.303. The Morgan fingerprint density at radius 2 is 0.967 bits per heavy atom. The molecule has 0 spiro atoms. The minimum Gasteiger partial charge on any atom is -0.493 e. The molecule has 164 valence electrons. The normalized spacial score (nSPS) is 10.5. The van der Waals surface area contributed by atoms with Gasteiger partial charge in [-0.1, -0.05) is 32.3 Å². The van der Waals surface area contributed by atoms with Crippen molar-refractivity contribution in [1.82, 2.24) is 0 Å². The fraction of sp³-hybridized carbons (Fsp3) is 0.500. The molecular formula is C24H34O5P+. The van der Waals surface area contributed by atoms with Crippen LogP contribution in [-0.2, 0) is 4.57 Å². The van der Waals surface area contributed by atoms with E-state index >= 15 is 0 Å². The van der Waals surface area contributed by atoms with Crippen molar-refractivity contribution in [2.75, 3.05) is 26.4 Å². The van der Waals surface area contributed by atoms with Gasteiger partial charge in [-0.15, -0.1) is 0 Å². The van der Waals surface area contributed by atoms with Gasteiger partial charge in [0.05, 0.1) is 26.4 Å². The summed E-state index contributed by atoms with van der Waals surface area (Å²) in [6, 6.07) is 11.0. The molecular weight excluding hydrogens is 399 g/mol. The molecule has 0 aromatic heterocycles. The molecule has 0 aliphatic rings. The first kappa shape index (κ1) is 24.0. The second-order valence-corrected chi connectivity index (χ2v) is 8.50. The summed E-state index contributed by atoms with van der Waals surface area (Å²) in [7, 11) is -1.91. The fourth-order valence-electron chi connectivity index (χ4n) is 2.73. The highest BCUT2D eigenvalue weighted by atomic mass is 31.1. The molecule has 0 saturated carbocycles. The summed E-state index contributed by atoms with van der Waals surface area (Å²) >= 11 is 0. The number of rotatable bonds is 14. The summed E-state index contributed by atoms with van der Waals surface area (Å²) in [5.74, 6) is 2.64. The van der Waals surface area contributed by atoms with Crippen molar-refractivity contribution in [1.29, 1.82) is 0 Å². The number of hydrogen-bond acceptors (Lipinski definition) is 5. The van der Waals surface area contributed by atoms with E-state index in [2.05, 4.69) is 13.8 Å². The molecule has 0 saturated heterocycles. The van der Waals surface area contributed by atoms with Gasteiger partial charge in [0, 0.05) is 12.1 Å². The molecule has 2 aromatic carbocycles. The van der Waals surface area contributed by atoms with E-state index in [9.17, 15) is 4.57 Å². The third kappa shape index (κ3) is 6.91. The molecule has 0 heterocycles. The van der Waals surface area contributed by atoms with E-state index in [0.29, 0.717) is 48.5 Å². The zero-order valence-corrected chi connectivity index (χ0v) is 19.5. The lowest BCUT2D eigenvalue weighted by Crippen LogP contribution is -2.15. The first-order valence-corrected chi connectivity index (χ1v) is 12.2. The van der Waals surface area contributed by atoms with Crippen LogP contribution in [0.25, 0.3) is 0 Å². The van der Waals surface area contributed by atoms with Crippen LogP contribution in [0.4, 0.5) is 0 Å². The molecule has 0 aliphatic heterocycles. The average molecular weight is 434 g/mol. The largest absolute Gasteiger partial charge is 0.493 e. The predicted octanol–water partition coefficient (Wildman–Crippen LogP) is 5.62. The molecule has 0 amide bonds. The molecule has 2 aromatic rings. The first-order chi connectivity index (χ1) is 14.6. The first-order valence-electron chi connectivity index (χ1n) is 10.9. The molecule has 5 nitrogen and oxygen atoms in total. The van der Waals surface area contributed by atoms with E-state index in [0.717, 1.165) is 37.2 Å². The molecule has 6 heteroatoms. The van der Waals surface area contributed by atoms with Crippen LogP contribution in [0, 0.1) is 0 Å². The fourth-order valence-corrected chi connectivity index (χ4v) is 4.07. The zero-order chi connectivity index (χ0) is 21.8. The lowest BCUT2D eigenvalue weighted by Gasteiger charge is -2.11. The number of hydrogen-bond donors (Lipinski definition) is 0. The van der Waals surface area contributed by atoms with Crippen molar-refractivity contribution in [3.05, 3.63) is 36.4 Å². The van der Waals surface area contributed by atoms with Gasteiger partial charge in [-0.2, -0.15) is 0 Å². The molecule has 2 rings (SSSR count). The molecule has 0 unspecified atom stereocenters. The van der Waals surface area contributed by atoms with Gasteiger partial charge in [0.2, 0.25) is 10.6 Å². The molecule has 0 atom stereocenters. The van der Waals surface area contributed by atoms with Crippen molar-refractivity contribution in [2.24, 2.45) is 0 Å². The average Bonchev–Trinajstić information content (AvgIpc) is 2.78. The summed E-state index contributed by atoms with van der Waals surface area (Å²) in [6.07, 6.45) is 3.58. The maximum atomic E-state index is 13.6. The van der Waals surface area contributed by atoms with E-state index in [4.69, 9.17) is 18.9 Å². The van der Waals surface area contributed by atoms with Gasteiger partial charge < -0.3 is 18.9 Å². The summed E-state index contributed by atoms with van der Waals surface area (Å²) in [5, 5.41) is 1.29. The van der Waals surface area contributed by atoms with Crippen molar-refractivity contribution in [3.8, 4) is 23.0 Å². The molecule has 0 aliphatic carbocycles. The number of benzene rings is 2. The van der Waals surface area contributed by atoms with Crippen molar-refractivity contribution < 1.29 is 23.5 Å². The topological polar surface area (TPSA) is 54.0 Å².